The fourth-order valence-corrected chi connectivity index (χ4v) is 2.57. The third-order valence-electron chi connectivity index (χ3n) is 4.12. The summed E-state index contributed by atoms with van der Waals surface area (Å²) in [6.07, 6.45) is 3.01. The molecule has 0 bridgehead atoms. The van der Waals surface area contributed by atoms with E-state index >= 15 is 0 Å². The zero-order valence-corrected chi connectivity index (χ0v) is 16.8. The average Bonchev–Trinajstić information content (AvgIpc) is 2.62. The minimum absolute atomic E-state index is 0.000319. The molecule has 148 valence electrons. The highest BCUT2D eigenvalue weighted by molar-refractivity contribution is 5.78. The summed E-state index contributed by atoms with van der Waals surface area (Å²) in [4.78, 5) is 14.2. The van der Waals surface area contributed by atoms with Gasteiger partial charge in [0.15, 0.2) is 11.5 Å². The van der Waals surface area contributed by atoms with Crippen molar-refractivity contribution in [1.29, 1.82) is 0 Å². The zero-order chi connectivity index (χ0) is 19.4. The Bertz CT molecular complexity index is 537. The van der Waals surface area contributed by atoms with Gasteiger partial charge in [-0.2, -0.15) is 0 Å². The van der Waals surface area contributed by atoms with Crippen molar-refractivity contribution in [3.63, 3.8) is 0 Å². The Labute approximate surface area is 157 Å². The molecule has 0 aliphatic heterocycles. The first-order valence-corrected chi connectivity index (χ1v) is 9.29. The van der Waals surface area contributed by atoms with E-state index in [2.05, 4.69) is 12.2 Å². The van der Waals surface area contributed by atoms with E-state index in [-0.39, 0.29) is 11.9 Å². The second-order valence-corrected chi connectivity index (χ2v) is 6.49. The van der Waals surface area contributed by atoms with Gasteiger partial charge < -0.3 is 19.5 Å². The van der Waals surface area contributed by atoms with Crippen LogP contribution in [-0.4, -0.2) is 58.4 Å². The van der Waals surface area contributed by atoms with Crippen LogP contribution in [0.4, 0.5) is 0 Å². The van der Waals surface area contributed by atoms with E-state index in [0.29, 0.717) is 25.5 Å². The van der Waals surface area contributed by atoms with E-state index in [9.17, 15) is 4.79 Å². The van der Waals surface area contributed by atoms with Gasteiger partial charge in [0, 0.05) is 20.3 Å². The third kappa shape index (κ3) is 8.06. The molecule has 0 saturated carbocycles. The van der Waals surface area contributed by atoms with Crippen molar-refractivity contribution in [1.82, 2.24) is 10.2 Å². The summed E-state index contributed by atoms with van der Waals surface area (Å²) in [6.45, 7) is 6.66. The predicted octanol–water partition coefficient (Wildman–Crippen LogP) is 3.02. The molecule has 1 amide bonds. The SMILES string of the molecule is CCCCOc1ccc(C(C)NC(=O)CN(C)CCCOC)cc1OC. The van der Waals surface area contributed by atoms with Gasteiger partial charge in [0.25, 0.3) is 0 Å². The summed E-state index contributed by atoms with van der Waals surface area (Å²) in [5, 5.41) is 3.03. The summed E-state index contributed by atoms with van der Waals surface area (Å²) in [6, 6.07) is 5.70. The van der Waals surface area contributed by atoms with Crippen molar-refractivity contribution >= 4 is 5.91 Å². The molecule has 0 aliphatic carbocycles. The molecule has 1 unspecified atom stereocenters. The number of nitrogens with one attached hydrogen (secondary N) is 1. The first kappa shape index (κ1) is 22.3. The van der Waals surface area contributed by atoms with Gasteiger partial charge in [-0.05, 0) is 44.5 Å². The van der Waals surface area contributed by atoms with Gasteiger partial charge >= 0.3 is 0 Å². The second-order valence-electron chi connectivity index (χ2n) is 6.49. The number of carbonyl (C=O) groups excluding carboxylic acids is 1. The lowest BCUT2D eigenvalue weighted by molar-refractivity contribution is -0.122. The summed E-state index contributed by atoms with van der Waals surface area (Å²) < 4.78 is 16.2. The molecular formula is C20H34N2O4. The lowest BCUT2D eigenvalue weighted by Crippen LogP contribution is -2.37. The molecule has 1 atom stereocenters. The van der Waals surface area contributed by atoms with Gasteiger partial charge in [-0.25, -0.2) is 0 Å². The number of ether oxygens (including phenoxy) is 3. The van der Waals surface area contributed by atoms with Crippen LogP contribution in [0.25, 0.3) is 0 Å². The zero-order valence-electron chi connectivity index (χ0n) is 16.8. The van der Waals surface area contributed by atoms with Gasteiger partial charge in [-0.3, -0.25) is 9.69 Å². The number of likely N-dealkylation sites (N-methyl/N-ethyl adjacent to an activating group) is 1. The van der Waals surface area contributed by atoms with Crippen LogP contribution in [0.2, 0.25) is 0 Å². The van der Waals surface area contributed by atoms with Crippen LogP contribution in [0.5, 0.6) is 11.5 Å². The van der Waals surface area contributed by atoms with Crippen LogP contribution in [0.15, 0.2) is 18.2 Å². The number of hydrogen-bond donors (Lipinski definition) is 1. The Morgan fingerprint density at radius 2 is 1.96 bits per heavy atom. The smallest absolute Gasteiger partial charge is 0.234 e. The second kappa shape index (κ2) is 12.5. The Balaban J connectivity index is 2.57. The monoisotopic (exact) mass is 366 g/mol. The predicted molar refractivity (Wildman–Crippen MR) is 104 cm³/mol. The van der Waals surface area contributed by atoms with E-state index < -0.39 is 0 Å². The van der Waals surface area contributed by atoms with Crippen molar-refractivity contribution in [2.45, 2.75) is 39.2 Å². The quantitative estimate of drug-likeness (QED) is 0.544. The molecule has 6 heteroatoms. The fourth-order valence-electron chi connectivity index (χ4n) is 2.57. The van der Waals surface area contributed by atoms with Gasteiger partial charge in [0.1, 0.15) is 0 Å². The Kier molecular flexibility index (Phi) is 10.7. The van der Waals surface area contributed by atoms with Crippen molar-refractivity contribution in [2.24, 2.45) is 0 Å². The Hall–Kier alpha value is -1.79. The highest BCUT2D eigenvalue weighted by Gasteiger charge is 2.14. The number of benzene rings is 1. The minimum atomic E-state index is -0.103. The molecular weight excluding hydrogens is 332 g/mol. The largest absolute Gasteiger partial charge is 0.493 e. The highest BCUT2D eigenvalue weighted by Crippen LogP contribution is 2.30. The van der Waals surface area contributed by atoms with Gasteiger partial charge in [-0.15, -0.1) is 0 Å². The summed E-state index contributed by atoms with van der Waals surface area (Å²) >= 11 is 0. The molecule has 1 aromatic carbocycles. The average molecular weight is 367 g/mol. The van der Waals surface area contributed by atoms with Crippen molar-refractivity contribution < 1.29 is 19.0 Å². The van der Waals surface area contributed by atoms with Crippen LogP contribution < -0.4 is 14.8 Å². The molecule has 0 heterocycles. The third-order valence-corrected chi connectivity index (χ3v) is 4.12. The molecule has 0 spiro atoms. The maximum absolute atomic E-state index is 12.2. The van der Waals surface area contributed by atoms with Gasteiger partial charge in [0.2, 0.25) is 5.91 Å². The number of hydrogen-bond acceptors (Lipinski definition) is 5. The molecule has 0 radical (unpaired) electrons. The van der Waals surface area contributed by atoms with Crippen LogP contribution in [-0.2, 0) is 9.53 Å². The molecule has 0 saturated heterocycles. The molecule has 1 N–H and O–H groups in total. The van der Waals surface area contributed by atoms with Crippen molar-refractivity contribution in [3.05, 3.63) is 23.8 Å². The first-order chi connectivity index (χ1) is 12.5. The van der Waals surface area contributed by atoms with Crippen LogP contribution in [0, 0.1) is 0 Å². The normalized spacial score (nSPS) is 12.1. The van der Waals surface area contributed by atoms with E-state index in [1.807, 2.05) is 37.1 Å². The Morgan fingerprint density at radius 1 is 1.19 bits per heavy atom. The number of amides is 1. The first-order valence-electron chi connectivity index (χ1n) is 9.29. The van der Waals surface area contributed by atoms with E-state index in [4.69, 9.17) is 14.2 Å². The Morgan fingerprint density at radius 3 is 2.62 bits per heavy atom. The summed E-state index contributed by atoms with van der Waals surface area (Å²) in [5.41, 5.74) is 0.986. The maximum Gasteiger partial charge on any atom is 0.234 e. The summed E-state index contributed by atoms with van der Waals surface area (Å²) in [7, 11) is 5.25. The molecule has 0 aromatic heterocycles. The minimum Gasteiger partial charge on any atom is -0.493 e. The molecule has 6 nitrogen and oxygen atoms in total. The molecule has 1 aromatic rings. The lowest BCUT2D eigenvalue weighted by Gasteiger charge is -2.20. The van der Waals surface area contributed by atoms with Crippen LogP contribution in [0.1, 0.15) is 44.7 Å². The van der Waals surface area contributed by atoms with E-state index in [0.717, 1.165) is 37.1 Å². The molecule has 1 rings (SSSR count). The number of nitrogens with zero attached hydrogens (tertiary/aromatic N) is 1. The van der Waals surface area contributed by atoms with Gasteiger partial charge in [0.05, 0.1) is 26.3 Å². The van der Waals surface area contributed by atoms with Crippen molar-refractivity contribution in [3.8, 4) is 11.5 Å². The maximum atomic E-state index is 12.2. The number of methoxy groups -OCH3 is 2. The van der Waals surface area contributed by atoms with Crippen LogP contribution in [0.3, 0.4) is 0 Å². The van der Waals surface area contributed by atoms with Crippen molar-refractivity contribution in [2.75, 3.05) is 47.6 Å². The fraction of sp³-hybridized carbons (Fsp3) is 0.650. The standard InChI is InChI=1S/C20H34N2O4/c1-6-7-13-26-18-10-9-17(14-19(18)25-5)16(2)21-20(23)15-22(3)11-8-12-24-4/h9-10,14,16H,6-8,11-13,15H2,1-5H3,(H,21,23). The highest BCUT2D eigenvalue weighted by atomic mass is 16.5. The number of unbranched alkanes of at least 4 members (excludes halogenated alkanes) is 1. The number of carbonyl (C=O) groups is 1. The molecule has 0 fully saturated rings. The van der Waals surface area contributed by atoms with Gasteiger partial charge in [-0.1, -0.05) is 19.4 Å². The topological polar surface area (TPSA) is 60.0 Å². The van der Waals surface area contributed by atoms with Crippen LogP contribution >= 0.6 is 0 Å². The summed E-state index contributed by atoms with van der Waals surface area (Å²) in [5.74, 6) is 1.43. The lowest BCUT2D eigenvalue weighted by atomic mass is 10.1. The van der Waals surface area contributed by atoms with E-state index in [1.54, 1.807) is 14.2 Å². The van der Waals surface area contributed by atoms with E-state index in [1.165, 1.54) is 0 Å². The molecule has 26 heavy (non-hydrogen) atoms. The molecule has 0 aliphatic rings. The number of rotatable bonds is 13.